The van der Waals surface area contributed by atoms with Crippen molar-refractivity contribution in [2.24, 2.45) is 23.7 Å². The molecule has 4 rings (SSSR count). The molecule has 0 saturated heterocycles. The second-order valence-electron chi connectivity index (χ2n) is 8.31. The highest BCUT2D eigenvalue weighted by atomic mass is 32.1. The number of carbonyl (C=O) groups excluding carboxylic acids is 2. The van der Waals surface area contributed by atoms with Crippen molar-refractivity contribution < 1.29 is 24.2 Å². The number of aryl methyl sites for hydroxylation is 2. The van der Waals surface area contributed by atoms with E-state index in [1.54, 1.807) is 0 Å². The highest BCUT2D eigenvalue weighted by molar-refractivity contribution is 7.17. The van der Waals surface area contributed by atoms with E-state index in [-0.39, 0.29) is 17.7 Å². The number of thiophene rings is 1. The Morgan fingerprint density at radius 1 is 1.07 bits per heavy atom. The predicted molar refractivity (Wildman–Crippen MR) is 115 cm³/mol. The first-order valence-corrected chi connectivity index (χ1v) is 11.0. The lowest BCUT2D eigenvalue weighted by Gasteiger charge is -2.26. The molecule has 158 valence electrons. The molecule has 2 bridgehead atoms. The molecule has 30 heavy (non-hydrogen) atoms. The first-order valence-electron chi connectivity index (χ1n) is 10.1. The van der Waals surface area contributed by atoms with E-state index >= 15 is 0 Å². The van der Waals surface area contributed by atoms with E-state index in [0.717, 1.165) is 40.8 Å². The molecular weight excluding hydrogens is 402 g/mol. The standard InChI is InChI=1S/C23H25NO5S/c1-11-4-6-13(7-5-11)16-12(2)30-21(19(16)23(28)29-3)24-20(25)17-14-8-9-15(10-14)18(17)22(26)27/h4-7,14-15,17-18H,8-10H2,1-3H3,(H,24,25)(H,26,27)/t14-,15+,17+,18+/m0/s1. The SMILES string of the molecule is COC(=O)c1c(NC(=O)[C@@H]2[C@H]3CC[C@H](C3)[C@H]2C(=O)O)sc(C)c1-c1ccc(C)cc1. The molecule has 0 radical (unpaired) electrons. The number of anilines is 1. The molecular formula is C23H25NO5S. The van der Waals surface area contributed by atoms with Crippen LogP contribution in [-0.4, -0.2) is 30.1 Å². The van der Waals surface area contributed by atoms with Crippen molar-refractivity contribution in [1.82, 2.24) is 0 Å². The van der Waals surface area contributed by atoms with Crippen LogP contribution in [0.1, 0.15) is 40.1 Å². The molecule has 1 aromatic carbocycles. The minimum Gasteiger partial charge on any atom is -0.481 e. The fourth-order valence-electron chi connectivity index (χ4n) is 5.22. The molecule has 2 fully saturated rings. The van der Waals surface area contributed by atoms with Gasteiger partial charge in [0.05, 0.1) is 18.9 Å². The van der Waals surface area contributed by atoms with E-state index in [0.29, 0.717) is 10.6 Å². The van der Waals surface area contributed by atoms with Crippen LogP contribution in [0.25, 0.3) is 11.1 Å². The number of esters is 1. The molecule has 1 aromatic heterocycles. The van der Waals surface area contributed by atoms with Gasteiger partial charge < -0.3 is 15.2 Å². The van der Waals surface area contributed by atoms with Crippen LogP contribution in [0, 0.1) is 37.5 Å². The smallest absolute Gasteiger partial charge is 0.341 e. The van der Waals surface area contributed by atoms with Crippen molar-refractivity contribution >= 4 is 34.2 Å². The lowest BCUT2D eigenvalue weighted by molar-refractivity contribution is -0.148. The number of fused-ring (bicyclic) bond motifs is 2. The Labute approximate surface area is 179 Å². The molecule has 1 amide bonds. The van der Waals surface area contributed by atoms with Crippen LogP contribution < -0.4 is 5.32 Å². The van der Waals surface area contributed by atoms with Gasteiger partial charge >= 0.3 is 11.9 Å². The molecule has 0 aliphatic heterocycles. The molecule has 0 spiro atoms. The summed E-state index contributed by atoms with van der Waals surface area (Å²) in [5.74, 6) is -2.78. The van der Waals surface area contributed by atoms with Gasteiger partial charge in [-0.2, -0.15) is 0 Å². The maximum absolute atomic E-state index is 13.2. The molecule has 2 N–H and O–H groups in total. The Bertz CT molecular complexity index is 1010. The summed E-state index contributed by atoms with van der Waals surface area (Å²) in [6, 6.07) is 7.83. The number of methoxy groups -OCH3 is 1. The zero-order chi connectivity index (χ0) is 21.6. The van der Waals surface area contributed by atoms with Gasteiger partial charge in [-0.1, -0.05) is 29.8 Å². The van der Waals surface area contributed by atoms with E-state index in [2.05, 4.69) is 5.32 Å². The van der Waals surface area contributed by atoms with Crippen molar-refractivity contribution in [3.8, 4) is 11.1 Å². The highest BCUT2D eigenvalue weighted by Crippen LogP contribution is 2.53. The minimum atomic E-state index is -0.904. The Morgan fingerprint density at radius 2 is 1.70 bits per heavy atom. The molecule has 1 heterocycles. The molecule has 4 atom stereocenters. The second-order valence-corrected chi connectivity index (χ2v) is 9.53. The number of nitrogens with one attached hydrogen (secondary N) is 1. The monoisotopic (exact) mass is 427 g/mol. The maximum atomic E-state index is 13.2. The summed E-state index contributed by atoms with van der Waals surface area (Å²) in [7, 11) is 1.32. The van der Waals surface area contributed by atoms with Crippen molar-refractivity contribution in [2.45, 2.75) is 33.1 Å². The number of rotatable bonds is 5. The lowest BCUT2D eigenvalue weighted by atomic mass is 9.78. The lowest BCUT2D eigenvalue weighted by Crippen LogP contribution is -2.37. The van der Waals surface area contributed by atoms with E-state index in [1.165, 1.54) is 18.4 Å². The van der Waals surface area contributed by atoms with Crippen LogP contribution in [0.5, 0.6) is 0 Å². The molecule has 0 unspecified atom stereocenters. The van der Waals surface area contributed by atoms with E-state index in [4.69, 9.17) is 4.74 Å². The highest BCUT2D eigenvalue weighted by Gasteiger charge is 2.54. The van der Waals surface area contributed by atoms with E-state index < -0.39 is 23.8 Å². The molecule has 2 aliphatic rings. The summed E-state index contributed by atoms with van der Waals surface area (Å²) in [6.45, 7) is 3.89. The van der Waals surface area contributed by atoms with Crippen molar-refractivity contribution in [1.29, 1.82) is 0 Å². The summed E-state index contributed by atoms with van der Waals surface area (Å²) < 4.78 is 5.01. The average Bonchev–Trinajstić information content (AvgIpc) is 3.41. The van der Waals surface area contributed by atoms with Gasteiger partial charge in [-0.25, -0.2) is 4.79 Å². The molecule has 2 aromatic rings. The van der Waals surface area contributed by atoms with Gasteiger partial charge in [0.1, 0.15) is 10.6 Å². The topological polar surface area (TPSA) is 92.7 Å². The number of benzene rings is 1. The van der Waals surface area contributed by atoms with E-state index in [9.17, 15) is 19.5 Å². The maximum Gasteiger partial charge on any atom is 0.341 e. The van der Waals surface area contributed by atoms with Crippen LogP contribution in [0.2, 0.25) is 0 Å². The number of hydrogen-bond acceptors (Lipinski definition) is 5. The van der Waals surface area contributed by atoms with Gasteiger partial charge in [-0.15, -0.1) is 11.3 Å². The summed E-state index contributed by atoms with van der Waals surface area (Å²) in [6.07, 6.45) is 2.54. The minimum absolute atomic E-state index is 0.0662. The number of carboxylic acid groups (broad SMARTS) is 1. The van der Waals surface area contributed by atoms with Gasteiger partial charge in [-0.3, -0.25) is 9.59 Å². The Hall–Kier alpha value is -2.67. The van der Waals surface area contributed by atoms with Crippen molar-refractivity contribution in [3.05, 3.63) is 40.3 Å². The summed E-state index contributed by atoms with van der Waals surface area (Å²) in [4.78, 5) is 38.5. The normalized spacial score (nSPS) is 24.6. The predicted octanol–water partition coefficient (Wildman–Crippen LogP) is 4.50. The summed E-state index contributed by atoms with van der Waals surface area (Å²) >= 11 is 1.32. The third-order valence-corrected chi connectivity index (χ3v) is 7.58. The summed E-state index contributed by atoms with van der Waals surface area (Å²) in [5, 5.41) is 13.0. The van der Waals surface area contributed by atoms with Crippen LogP contribution in [-0.2, 0) is 14.3 Å². The van der Waals surface area contributed by atoms with Crippen LogP contribution in [0.3, 0.4) is 0 Å². The number of ether oxygens (including phenoxy) is 1. The molecule has 7 heteroatoms. The summed E-state index contributed by atoms with van der Waals surface area (Å²) in [5.41, 5.74) is 3.05. The Kier molecular flexibility index (Phi) is 5.40. The average molecular weight is 428 g/mol. The van der Waals surface area contributed by atoms with Crippen molar-refractivity contribution in [3.63, 3.8) is 0 Å². The number of amides is 1. The number of carboxylic acids is 1. The first kappa shape index (κ1) is 20.6. The second kappa shape index (κ2) is 7.87. The van der Waals surface area contributed by atoms with Gasteiger partial charge in [0.2, 0.25) is 5.91 Å². The number of hydrogen-bond donors (Lipinski definition) is 2. The molecule has 2 aliphatic carbocycles. The fraction of sp³-hybridized carbons (Fsp3) is 0.435. The Balaban J connectivity index is 1.70. The third-order valence-electron chi connectivity index (χ3n) is 6.56. The van der Waals surface area contributed by atoms with Gasteiger partial charge in [0.25, 0.3) is 0 Å². The van der Waals surface area contributed by atoms with Gasteiger partial charge in [-0.05, 0) is 50.5 Å². The largest absolute Gasteiger partial charge is 0.481 e. The third kappa shape index (κ3) is 3.41. The van der Waals surface area contributed by atoms with Gasteiger partial charge in [0, 0.05) is 10.4 Å². The van der Waals surface area contributed by atoms with Gasteiger partial charge in [0.15, 0.2) is 0 Å². The zero-order valence-corrected chi connectivity index (χ0v) is 18.0. The van der Waals surface area contributed by atoms with Crippen LogP contribution in [0.4, 0.5) is 5.00 Å². The molecule has 6 nitrogen and oxygen atoms in total. The first-order chi connectivity index (χ1) is 14.3. The fourth-order valence-corrected chi connectivity index (χ4v) is 6.28. The van der Waals surface area contributed by atoms with Crippen LogP contribution in [0.15, 0.2) is 24.3 Å². The Morgan fingerprint density at radius 3 is 2.30 bits per heavy atom. The molecule has 2 saturated carbocycles. The van der Waals surface area contributed by atoms with Crippen LogP contribution >= 0.6 is 11.3 Å². The zero-order valence-electron chi connectivity index (χ0n) is 17.2. The quantitative estimate of drug-likeness (QED) is 0.685. The number of aliphatic carboxylic acids is 1. The number of carbonyl (C=O) groups is 3. The van der Waals surface area contributed by atoms with E-state index in [1.807, 2.05) is 38.1 Å². The van der Waals surface area contributed by atoms with Crippen molar-refractivity contribution in [2.75, 3.05) is 12.4 Å².